The first-order valence-electron chi connectivity index (χ1n) is 3.87. The summed E-state index contributed by atoms with van der Waals surface area (Å²) in [6.07, 6.45) is 0.511. The monoisotopic (exact) mass is 199 g/mol. The fourth-order valence-corrected chi connectivity index (χ4v) is 1.05. The van der Waals surface area contributed by atoms with E-state index < -0.39 is 12.4 Å². The van der Waals surface area contributed by atoms with Crippen LogP contribution in [0.2, 0.25) is 0 Å². The molecule has 1 aromatic rings. The Bertz CT molecular complexity index is 352. The molecule has 0 amide bonds. The highest BCUT2D eigenvalue weighted by Gasteiger charge is 2.27. The van der Waals surface area contributed by atoms with E-state index in [1.54, 1.807) is 0 Å². The maximum atomic E-state index is 12.3. The van der Waals surface area contributed by atoms with Crippen LogP contribution >= 0.6 is 0 Å². The molecule has 0 aromatic heterocycles. The Hall–Kier alpha value is -1.46. The summed E-state index contributed by atoms with van der Waals surface area (Å²) in [4.78, 5) is 10.4. The van der Waals surface area contributed by atoms with Crippen molar-refractivity contribution >= 4 is 6.29 Å². The molecule has 0 fully saturated rings. The van der Waals surface area contributed by atoms with E-state index in [4.69, 9.17) is 5.73 Å². The largest absolute Gasteiger partial charge is 0.508 e. The number of aliphatic hydroxyl groups is 1. The molecule has 5 heteroatoms. The number of benzene rings is 1. The van der Waals surface area contributed by atoms with Crippen LogP contribution in [-0.2, 0) is 5.72 Å². The molecule has 0 heterocycles. The molecule has 76 valence electrons. The zero-order valence-corrected chi connectivity index (χ0v) is 7.27. The normalized spacial score (nSPS) is 14.8. The molecule has 4 nitrogen and oxygen atoms in total. The van der Waals surface area contributed by atoms with E-state index >= 15 is 0 Å². The number of rotatable bonds is 3. The van der Waals surface area contributed by atoms with Crippen LogP contribution in [0.15, 0.2) is 18.2 Å². The van der Waals surface area contributed by atoms with Crippen LogP contribution in [0.25, 0.3) is 0 Å². The van der Waals surface area contributed by atoms with Crippen LogP contribution in [-0.4, -0.2) is 23.2 Å². The van der Waals surface area contributed by atoms with E-state index in [0.29, 0.717) is 6.29 Å². The fourth-order valence-electron chi connectivity index (χ4n) is 1.05. The van der Waals surface area contributed by atoms with E-state index in [9.17, 15) is 19.4 Å². The van der Waals surface area contributed by atoms with Gasteiger partial charge in [0.1, 0.15) is 18.7 Å². The molecule has 0 aliphatic rings. The third-order valence-electron chi connectivity index (χ3n) is 1.83. The minimum absolute atomic E-state index is 0.204. The molecular formula is C9H10FNO3. The number of aromatic hydroxyl groups is 1. The Morgan fingerprint density at radius 2 is 2.21 bits per heavy atom. The number of alkyl halides is 1. The summed E-state index contributed by atoms with van der Waals surface area (Å²) in [5, 5.41) is 18.6. The minimum atomic E-state index is -2.26. The summed E-state index contributed by atoms with van der Waals surface area (Å²) in [5.74, 6) is -0.349. The second-order valence-corrected chi connectivity index (χ2v) is 2.95. The zero-order valence-electron chi connectivity index (χ0n) is 7.27. The van der Waals surface area contributed by atoms with Gasteiger partial charge in [-0.3, -0.25) is 10.5 Å². The lowest BCUT2D eigenvalue weighted by molar-refractivity contribution is 0.0153. The lowest BCUT2D eigenvalue weighted by atomic mass is 10.0. The molecule has 0 spiro atoms. The van der Waals surface area contributed by atoms with Crippen LogP contribution in [0.1, 0.15) is 15.9 Å². The molecule has 1 unspecified atom stereocenters. The summed E-state index contributed by atoms with van der Waals surface area (Å²) in [6, 6.07) is 3.65. The van der Waals surface area contributed by atoms with Gasteiger partial charge in [-0.2, -0.15) is 0 Å². The first-order valence-corrected chi connectivity index (χ1v) is 3.87. The molecule has 0 bridgehead atoms. The van der Waals surface area contributed by atoms with Crippen molar-refractivity contribution < 1.29 is 19.4 Å². The van der Waals surface area contributed by atoms with E-state index in [1.165, 1.54) is 12.1 Å². The third-order valence-corrected chi connectivity index (χ3v) is 1.83. The zero-order chi connectivity index (χ0) is 10.8. The number of hydrogen-bond acceptors (Lipinski definition) is 4. The van der Waals surface area contributed by atoms with Gasteiger partial charge in [-0.15, -0.1) is 0 Å². The van der Waals surface area contributed by atoms with E-state index in [1.807, 2.05) is 0 Å². The molecule has 1 atom stereocenters. The van der Waals surface area contributed by atoms with Crippen molar-refractivity contribution in [2.45, 2.75) is 5.72 Å². The van der Waals surface area contributed by atoms with Gasteiger partial charge in [0, 0.05) is 11.1 Å². The Labute approximate surface area is 79.8 Å². The number of nitrogens with two attached hydrogens (primary N) is 1. The van der Waals surface area contributed by atoms with Gasteiger partial charge in [0.15, 0.2) is 5.72 Å². The highest BCUT2D eigenvalue weighted by molar-refractivity contribution is 5.75. The Morgan fingerprint density at radius 3 is 2.71 bits per heavy atom. The topological polar surface area (TPSA) is 83.5 Å². The van der Waals surface area contributed by atoms with Crippen molar-refractivity contribution in [1.82, 2.24) is 0 Å². The minimum Gasteiger partial charge on any atom is -0.508 e. The molecule has 0 aliphatic heterocycles. The second-order valence-electron chi connectivity index (χ2n) is 2.95. The van der Waals surface area contributed by atoms with Gasteiger partial charge in [0.2, 0.25) is 0 Å². The smallest absolute Gasteiger partial charge is 0.172 e. The molecular weight excluding hydrogens is 189 g/mol. The van der Waals surface area contributed by atoms with Gasteiger partial charge in [-0.1, -0.05) is 0 Å². The quantitative estimate of drug-likeness (QED) is 0.482. The number of hydrogen-bond donors (Lipinski definition) is 3. The number of halogens is 1. The van der Waals surface area contributed by atoms with Crippen LogP contribution in [0.5, 0.6) is 5.75 Å². The van der Waals surface area contributed by atoms with Crippen LogP contribution in [0.3, 0.4) is 0 Å². The molecule has 4 N–H and O–H groups in total. The average Bonchev–Trinajstić information content (AvgIpc) is 2.18. The molecule has 0 aliphatic carbocycles. The van der Waals surface area contributed by atoms with E-state index in [-0.39, 0.29) is 16.9 Å². The van der Waals surface area contributed by atoms with Crippen LogP contribution in [0, 0.1) is 0 Å². The highest BCUT2D eigenvalue weighted by Crippen LogP contribution is 2.26. The van der Waals surface area contributed by atoms with Crippen molar-refractivity contribution in [1.29, 1.82) is 0 Å². The number of carbonyl (C=O) groups excluding carboxylic acids is 1. The average molecular weight is 199 g/mol. The summed E-state index contributed by atoms with van der Waals surface area (Å²) < 4.78 is 12.3. The van der Waals surface area contributed by atoms with Crippen molar-refractivity contribution in [3.8, 4) is 5.75 Å². The van der Waals surface area contributed by atoms with E-state index in [2.05, 4.69) is 0 Å². The number of carbonyl (C=O) groups is 1. The number of phenols is 1. The van der Waals surface area contributed by atoms with Crippen LogP contribution < -0.4 is 5.73 Å². The predicted molar refractivity (Wildman–Crippen MR) is 47.6 cm³/mol. The molecule has 0 saturated carbocycles. The lowest BCUT2D eigenvalue weighted by Crippen LogP contribution is -2.38. The Balaban J connectivity index is 3.25. The second kappa shape index (κ2) is 3.73. The SMILES string of the molecule is NC(O)(CF)c1cc(C=O)ccc1O. The van der Waals surface area contributed by atoms with Gasteiger partial charge in [-0.05, 0) is 18.2 Å². The Kier molecular flexibility index (Phi) is 2.83. The fraction of sp³-hybridized carbons (Fsp3) is 0.222. The predicted octanol–water partition coefficient (Wildman–Crippen LogP) is 0.278. The lowest BCUT2D eigenvalue weighted by Gasteiger charge is -2.20. The van der Waals surface area contributed by atoms with Gasteiger partial charge in [-0.25, -0.2) is 4.39 Å². The standard InChI is InChI=1S/C9H10FNO3/c10-5-9(11,14)7-3-6(4-12)1-2-8(7)13/h1-4,13-14H,5,11H2. The summed E-state index contributed by atoms with van der Waals surface area (Å²) >= 11 is 0. The van der Waals surface area contributed by atoms with Crippen LogP contribution in [0.4, 0.5) is 4.39 Å². The molecule has 0 radical (unpaired) electrons. The van der Waals surface area contributed by atoms with Crippen molar-refractivity contribution in [3.63, 3.8) is 0 Å². The maximum absolute atomic E-state index is 12.3. The number of phenolic OH excluding ortho intramolecular Hbond substituents is 1. The molecule has 0 saturated heterocycles. The first-order chi connectivity index (χ1) is 6.51. The van der Waals surface area contributed by atoms with Crippen molar-refractivity contribution in [2.24, 2.45) is 5.73 Å². The summed E-state index contributed by atoms with van der Waals surface area (Å²) in [5.41, 5.74) is 2.91. The van der Waals surface area contributed by atoms with Crippen molar-refractivity contribution in [2.75, 3.05) is 6.67 Å². The number of aldehydes is 1. The molecule has 14 heavy (non-hydrogen) atoms. The van der Waals surface area contributed by atoms with Gasteiger partial charge < -0.3 is 10.2 Å². The van der Waals surface area contributed by atoms with Gasteiger partial charge in [0.25, 0.3) is 0 Å². The van der Waals surface area contributed by atoms with Gasteiger partial charge >= 0.3 is 0 Å². The molecule has 1 rings (SSSR count). The van der Waals surface area contributed by atoms with Gasteiger partial charge in [0.05, 0.1) is 0 Å². The molecule has 1 aromatic carbocycles. The first kappa shape index (κ1) is 10.6. The third kappa shape index (κ3) is 1.89. The summed E-state index contributed by atoms with van der Waals surface area (Å²) in [6.45, 7) is -1.25. The Morgan fingerprint density at radius 1 is 1.57 bits per heavy atom. The summed E-state index contributed by atoms with van der Waals surface area (Å²) in [7, 11) is 0. The van der Waals surface area contributed by atoms with E-state index in [0.717, 1.165) is 6.07 Å². The highest BCUT2D eigenvalue weighted by atomic mass is 19.1. The van der Waals surface area contributed by atoms with Crippen molar-refractivity contribution in [3.05, 3.63) is 29.3 Å². The maximum Gasteiger partial charge on any atom is 0.172 e.